The third-order valence-corrected chi connectivity index (χ3v) is 6.00. The van der Waals surface area contributed by atoms with E-state index in [4.69, 9.17) is 4.74 Å². The highest BCUT2D eigenvalue weighted by molar-refractivity contribution is 9.10. The molecule has 1 aliphatic rings. The number of rotatable bonds is 5. The SMILES string of the molecule is COC(=O)c1ccc([C@H]2CC(=O)NC(SCc3ccc(Br)cc3)=C2C#N)cc1. The Labute approximate surface area is 175 Å². The molecule has 2 aromatic rings. The number of ether oxygens (including phenoxy) is 1. The van der Waals surface area contributed by atoms with E-state index in [0.29, 0.717) is 21.9 Å². The van der Waals surface area contributed by atoms with E-state index in [-0.39, 0.29) is 18.2 Å². The number of halogens is 1. The van der Waals surface area contributed by atoms with Gasteiger partial charge in [-0.25, -0.2) is 4.79 Å². The van der Waals surface area contributed by atoms with Crippen LogP contribution >= 0.6 is 27.7 Å². The number of benzene rings is 2. The summed E-state index contributed by atoms with van der Waals surface area (Å²) in [5.41, 5.74) is 2.88. The molecule has 1 N–H and O–H groups in total. The average molecular weight is 457 g/mol. The zero-order valence-corrected chi connectivity index (χ0v) is 17.5. The molecule has 5 nitrogen and oxygen atoms in total. The van der Waals surface area contributed by atoms with Gasteiger partial charge in [-0.1, -0.05) is 40.2 Å². The number of carbonyl (C=O) groups excluding carboxylic acids is 2. The summed E-state index contributed by atoms with van der Waals surface area (Å²) in [4.78, 5) is 23.9. The van der Waals surface area contributed by atoms with Gasteiger partial charge in [0, 0.05) is 22.6 Å². The fraction of sp³-hybridized carbons (Fsp3) is 0.190. The Morgan fingerprint density at radius 3 is 2.54 bits per heavy atom. The summed E-state index contributed by atoms with van der Waals surface area (Å²) >= 11 is 4.85. The number of thioether (sulfide) groups is 1. The Morgan fingerprint density at radius 2 is 1.93 bits per heavy atom. The Kier molecular flexibility index (Phi) is 6.55. The van der Waals surface area contributed by atoms with Crippen LogP contribution in [0.1, 0.15) is 33.8 Å². The Hall–Kier alpha value is -2.56. The minimum atomic E-state index is -0.422. The maximum Gasteiger partial charge on any atom is 0.337 e. The van der Waals surface area contributed by atoms with Gasteiger partial charge in [-0.3, -0.25) is 4.79 Å². The second-order valence-electron chi connectivity index (χ2n) is 6.19. The van der Waals surface area contributed by atoms with Gasteiger partial charge >= 0.3 is 5.97 Å². The molecule has 142 valence electrons. The normalized spacial score (nSPS) is 16.3. The van der Waals surface area contributed by atoms with Gasteiger partial charge in [0.05, 0.1) is 29.3 Å². The third-order valence-electron chi connectivity index (χ3n) is 4.39. The molecule has 1 aliphatic heterocycles. The summed E-state index contributed by atoms with van der Waals surface area (Å²) in [6.07, 6.45) is 0.197. The standard InChI is InChI=1S/C21H17BrN2O3S/c1-27-21(26)15-6-4-14(5-7-15)17-10-19(25)24-20(18(17)11-23)28-12-13-2-8-16(22)9-3-13/h2-9,17H,10,12H2,1H3,(H,24,25)/t17-/m1/s1. The predicted molar refractivity (Wildman–Crippen MR) is 111 cm³/mol. The van der Waals surface area contributed by atoms with Crippen LogP contribution in [0.2, 0.25) is 0 Å². The van der Waals surface area contributed by atoms with E-state index < -0.39 is 5.97 Å². The highest BCUT2D eigenvalue weighted by Gasteiger charge is 2.29. The van der Waals surface area contributed by atoms with Crippen molar-refractivity contribution < 1.29 is 14.3 Å². The van der Waals surface area contributed by atoms with Crippen molar-refractivity contribution in [2.24, 2.45) is 0 Å². The molecule has 7 heteroatoms. The van der Waals surface area contributed by atoms with Crippen molar-refractivity contribution >= 4 is 39.6 Å². The van der Waals surface area contributed by atoms with Crippen molar-refractivity contribution in [1.29, 1.82) is 5.26 Å². The first-order valence-corrected chi connectivity index (χ1v) is 10.3. The first-order valence-electron chi connectivity index (χ1n) is 8.51. The van der Waals surface area contributed by atoms with E-state index >= 15 is 0 Å². The van der Waals surface area contributed by atoms with E-state index in [1.54, 1.807) is 24.3 Å². The summed E-state index contributed by atoms with van der Waals surface area (Å²) in [5.74, 6) is -0.242. The molecule has 2 aromatic carbocycles. The molecule has 0 radical (unpaired) electrons. The minimum Gasteiger partial charge on any atom is -0.465 e. The van der Waals surface area contributed by atoms with Crippen LogP contribution in [0.15, 0.2) is 63.6 Å². The van der Waals surface area contributed by atoms with Crippen LogP contribution in [0.25, 0.3) is 0 Å². The molecule has 0 unspecified atom stereocenters. The molecule has 1 heterocycles. The second-order valence-corrected chi connectivity index (χ2v) is 8.09. The number of methoxy groups -OCH3 is 1. The summed E-state index contributed by atoms with van der Waals surface area (Å²) in [6, 6.07) is 17.0. The number of hydrogen-bond acceptors (Lipinski definition) is 5. The number of nitriles is 1. The van der Waals surface area contributed by atoms with Gasteiger partial charge in [0.15, 0.2) is 0 Å². The molecule has 0 aromatic heterocycles. The van der Waals surface area contributed by atoms with Crippen LogP contribution in [0, 0.1) is 11.3 Å². The Morgan fingerprint density at radius 1 is 1.25 bits per heavy atom. The van der Waals surface area contributed by atoms with Crippen molar-refractivity contribution in [3.8, 4) is 6.07 Å². The zero-order valence-electron chi connectivity index (χ0n) is 15.1. The van der Waals surface area contributed by atoms with Crippen LogP contribution in [-0.4, -0.2) is 19.0 Å². The van der Waals surface area contributed by atoms with E-state index in [1.165, 1.54) is 18.9 Å². The first kappa shape index (κ1) is 20.2. The molecule has 0 saturated carbocycles. The van der Waals surface area contributed by atoms with Crippen LogP contribution in [-0.2, 0) is 15.3 Å². The fourth-order valence-corrected chi connectivity index (χ4v) is 4.22. The fourth-order valence-electron chi connectivity index (χ4n) is 2.92. The van der Waals surface area contributed by atoms with Crippen molar-refractivity contribution in [3.63, 3.8) is 0 Å². The molecule has 0 aliphatic carbocycles. The topological polar surface area (TPSA) is 79.2 Å². The maximum atomic E-state index is 12.2. The summed E-state index contributed by atoms with van der Waals surface area (Å²) < 4.78 is 5.71. The van der Waals surface area contributed by atoms with Gasteiger partial charge in [0.1, 0.15) is 0 Å². The molecule has 0 bridgehead atoms. The number of amides is 1. The number of allylic oxidation sites excluding steroid dienone is 1. The highest BCUT2D eigenvalue weighted by atomic mass is 79.9. The van der Waals surface area contributed by atoms with E-state index in [2.05, 4.69) is 27.3 Å². The minimum absolute atomic E-state index is 0.126. The van der Waals surface area contributed by atoms with Crippen LogP contribution in [0.4, 0.5) is 0 Å². The molecule has 0 spiro atoms. The zero-order chi connectivity index (χ0) is 20.1. The van der Waals surface area contributed by atoms with Crippen LogP contribution in [0.3, 0.4) is 0 Å². The average Bonchev–Trinajstić information content (AvgIpc) is 2.72. The number of esters is 1. The lowest BCUT2D eigenvalue weighted by Gasteiger charge is -2.25. The molecule has 1 atom stereocenters. The Balaban J connectivity index is 1.85. The maximum absolute atomic E-state index is 12.2. The van der Waals surface area contributed by atoms with E-state index in [0.717, 1.165) is 15.6 Å². The van der Waals surface area contributed by atoms with Crippen molar-refractivity contribution in [2.75, 3.05) is 7.11 Å². The number of nitrogens with zero attached hydrogens (tertiary/aromatic N) is 1. The van der Waals surface area contributed by atoms with Crippen LogP contribution in [0.5, 0.6) is 0 Å². The van der Waals surface area contributed by atoms with Crippen molar-refractivity contribution in [2.45, 2.75) is 18.1 Å². The highest BCUT2D eigenvalue weighted by Crippen LogP contribution is 2.37. The number of hydrogen-bond donors (Lipinski definition) is 1. The lowest BCUT2D eigenvalue weighted by atomic mass is 9.87. The molecule has 1 amide bonds. The van der Waals surface area contributed by atoms with Gasteiger partial charge in [-0.05, 0) is 35.4 Å². The summed E-state index contributed by atoms with van der Waals surface area (Å²) in [6.45, 7) is 0. The monoisotopic (exact) mass is 456 g/mol. The molecule has 3 rings (SSSR count). The van der Waals surface area contributed by atoms with Crippen molar-refractivity contribution in [1.82, 2.24) is 5.32 Å². The lowest BCUT2D eigenvalue weighted by Crippen LogP contribution is -2.30. The quantitative estimate of drug-likeness (QED) is 0.669. The summed E-state index contributed by atoms with van der Waals surface area (Å²) in [5, 5.41) is 13.2. The molecular weight excluding hydrogens is 440 g/mol. The van der Waals surface area contributed by atoms with Gasteiger partial charge in [0.2, 0.25) is 5.91 Å². The van der Waals surface area contributed by atoms with Gasteiger partial charge in [0.25, 0.3) is 0 Å². The van der Waals surface area contributed by atoms with E-state index in [1.807, 2.05) is 24.3 Å². The number of nitrogens with one attached hydrogen (secondary N) is 1. The van der Waals surface area contributed by atoms with Gasteiger partial charge < -0.3 is 10.1 Å². The van der Waals surface area contributed by atoms with Gasteiger partial charge in [-0.15, -0.1) is 11.8 Å². The molecular formula is C21H17BrN2O3S. The Bertz CT molecular complexity index is 963. The lowest BCUT2D eigenvalue weighted by molar-refractivity contribution is -0.120. The third kappa shape index (κ3) is 4.64. The van der Waals surface area contributed by atoms with Crippen molar-refractivity contribution in [3.05, 3.63) is 80.3 Å². The largest absolute Gasteiger partial charge is 0.465 e. The van der Waals surface area contributed by atoms with Gasteiger partial charge in [-0.2, -0.15) is 5.26 Å². The number of carbonyl (C=O) groups is 2. The summed E-state index contributed by atoms with van der Waals surface area (Å²) in [7, 11) is 1.33. The molecule has 0 fully saturated rings. The molecule has 0 saturated heterocycles. The van der Waals surface area contributed by atoms with E-state index in [9.17, 15) is 14.9 Å². The second kappa shape index (κ2) is 9.09. The first-order chi connectivity index (χ1) is 13.5. The van der Waals surface area contributed by atoms with Crippen LogP contribution < -0.4 is 5.32 Å². The molecule has 28 heavy (non-hydrogen) atoms. The smallest absolute Gasteiger partial charge is 0.337 e. The predicted octanol–water partition coefficient (Wildman–Crippen LogP) is 4.51.